The van der Waals surface area contributed by atoms with Crippen molar-refractivity contribution in [1.29, 1.82) is 0 Å². The van der Waals surface area contributed by atoms with Crippen LogP contribution in [0.3, 0.4) is 0 Å². The standard InChI is InChI=1S/C14H18N2O2S/c1-9-5-10(2)7-11(6-9)16-13(17)8-12-14(18)15-3-4-19-12/h5-7,12H,3-4,8H2,1-2H3,(H,15,18)(H,16,17)/t12-/m1/s1. The highest BCUT2D eigenvalue weighted by Gasteiger charge is 2.25. The molecule has 1 heterocycles. The molecule has 1 aromatic carbocycles. The molecule has 1 saturated heterocycles. The van der Waals surface area contributed by atoms with Gasteiger partial charge in [0, 0.05) is 24.4 Å². The molecule has 2 rings (SSSR count). The monoisotopic (exact) mass is 278 g/mol. The fourth-order valence-electron chi connectivity index (χ4n) is 2.14. The molecule has 19 heavy (non-hydrogen) atoms. The molecule has 1 aromatic rings. The summed E-state index contributed by atoms with van der Waals surface area (Å²) in [4.78, 5) is 23.5. The number of hydrogen-bond donors (Lipinski definition) is 2. The van der Waals surface area contributed by atoms with E-state index in [-0.39, 0.29) is 23.5 Å². The van der Waals surface area contributed by atoms with E-state index in [1.807, 2.05) is 26.0 Å². The lowest BCUT2D eigenvalue weighted by molar-refractivity contribution is -0.123. The van der Waals surface area contributed by atoms with Gasteiger partial charge in [0.2, 0.25) is 11.8 Å². The van der Waals surface area contributed by atoms with Gasteiger partial charge in [-0.2, -0.15) is 0 Å². The predicted molar refractivity (Wildman–Crippen MR) is 78.4 cm³/mol. The minimum atomic E-state index is -0.264. The molecule has 0 radical (unpaired) electrons. The number of rotatable bonds is 3. The van der Waals surface area contributed by atoms with E-state index in [1.54, 1.807) is 11.8 Å². The smallest absolute Gasteiger partial charge is 0.233 e. The van der Waals surface area contributed by atoms with Gasteiger partial charge < -0.3 is 10.6 Å². The fourth-order valence-corrected chi connectivity index (χ4v) is 3.15. The minimum absolute atomic E-state index is 0.0353. The van der Waals surface area contributed by atoms with Crippen molar-refractivity contribution in [2.45, 2.75) is 25.5 Å². The van der Waals surface area contributed by atoms with Crippen LogP contribution in [0.1, 0.15) is 17.5 Å². The normalized spacial score (nSPS) is 18.8. The third-order valence-electron chi connectivity index (χ3n) is 2.89. The molecule has 0 unspecified atom stereocenters. The topological polar surface area (TPSA) is 58.2 Å². The first-order valence-electron chi connectivity index (χ1n) is 6.32. The van der Waals surface area contributed by atoms with Gasteiger partial charge in [-0.25, -0.2) is 0 Å². The molecule has 102 valence electrons. The number of aryl methyl sites for hydroxylation is 2. The van der Waals surface area contributed by atoms with Crippen LogP contribution in [0.5, 0.6) is 0 Å². The lowest BCUT2D eigenvalue weighted by Gasteiger charge is -2.20. The average molecular weight is 278 g/mol. The Morgan fingerprint density at radius 3 is 2.68 bits per heavy atom. The Morgan fingerprint density at radius 1 is 1.37 bits per heavy atom. The van der Waals surface area contributed by atoms with Gasteiger partial charge in [-0.15, -0.1) is 11.8 Å². The third kappa shape index (κ3) is 3.99. The van der Waals surface area contributed by atoms with Gasteiger partial charge in [0.05, 0.1) is 5.25 Å². The summed E-state index contributed by atoms with van der Waals surface area (Å²) in [6.07, 6.45) is 0.226. The molecule has 1 aliphatic rings. The second-order valence-corrected chi connectivity index (χ2v) is 6.09. The first-order chi connectivity index (χ1) is 9.04. The van der Waals surface area contributed by atoms with Crippen LogP contribution >= 0.6 is 11.8 Å². The van der Waals surface area contributed by atoms with Crippen LogP contribution in [0.25, 0.3) is 0 Å². The number of carbonyl (C=O) groups excluding carboxylic acids is 2. The summed E-state index contributed by atoms with van der Waals surface area (Å²) in [6, 6.07) is 5.91. The Balaban J connectivity index is 1.95. The first-order valence-corrected chi connectivity index (χ1v) is 7.37. The highest BCUT2D eigenvalue weighted by atomic mass is 32.2. The Morgan fingerprint density at radius 2 is 2.05 bits per heavy atom. The van der Waals surface area contributed by atoms with Crippen LogP contribution in [0.2, 0.25) is 0 Å². The molecule has 0 saturated carbocycles. The number of carbonyl (C=O) groups is 2. The summed E-state index contributed by atoms with van der Waals surface area (Å²) in [5.74, 6) is 0.721. The van der Waals surface area contributed by atoms with Crippen molar-refractivity contribution < 1.29 is 9.59 Å². The number of benzene rings is 1. The fraction of sp³-hybridized carbons (Fsp3) is 0.429. The van der Waals surface area contributed by atoms with Gasteiger partial charge in [-0.3, -0.25) is 9.59 Å². The number of hydrogen-bond acceptors (Lipinski definition) is 3. The lowest BCUT2D eigenvalue weighted by Crippen LogP contribution is -2.40. The van der Waals surface area contributed by atoms with Gasteiger partial charge in [0.25, 0.3) is 0 Å². The zero-order chi connectivity index (χ0) is 13.8. The van der Waals surface area contributed by atoms with E-state index in [4.69, 9.17) is 0 Å². The van der Waals surface area contributed by atoms with Crippen LogP contribution < -0.4 is 10.6 Å². The van der Waals surface area contributed by atoms with E-state index >= 15 is 0 Å². The highest BCUT2D eigenvalue weighted by molar-refractivity contribution is 8.00. The molecule has 0 bridgehead atoms. The molecule has 2 amide bonds. The molecular weight excluding hydrogens is 260 g/mol. The quantitative estimate of drug-likeness (QED) is 0.887. The molecular formula is C14H18N2O2S. The van der Waals surface area contributed by atoms with Crippen molar-refractivity contribution in [2.24, 2.45) is 0 Å². The number of anilines is 1. The largest absolute Gasteiger partial charge is 0.354 e. The summed E-state index contributed by atoms with van der Waals surface area (Å²) in [5.41, 5.74) is 3.02. The van der Waals surface area contributed by atoms with Gasteiger partial charge in [0.15, 0.2) is 0 Å². The summed E-state index contributed by atoms with van der Waals surface area (Å²) >= 11 is 1.54. The van der Waals surface area contributed by atoms with E-state index in [0.717, 1.165) is 22.6 Å². The molecule has 0 spiro atoms. The van der Waals surface area contributed by atoms with Gasteiger partial charge >= 0.3 is 0 Å². The van der Waals surface area contributed by atoms with Gasteiger partial charge in [-0.1, -0.05) is 6.07 Å². The maximum absolute atomic E-state index is 11.9. The Kier molecular flexibility index (Phi) is 4.47. The number of nitrogens with one attached hydrogen (secondary N) is 2. The van der Waals surface area contributed by atoms with Crippen molar-refractivity contribution in [3.63, 3.8) is 0 Å². The second kappa shape index (κ2) is 6.10. The lowest BCUT2D eigenvalue weighted by atomic mass is 10.1. The molecule has 1 aliphatic heterocycles. The molecule has 0 aliphatic carbocycles. The summed E-state index contributed by atoms with van der Waals surface area (Å²) in [7, 11) is 0. The average Bonchev–Trinajstić information content (AvgIpc) is 2.30. The van der Waals surface area contributed by atoms with E-state index in [9.17, 15) is 9.59 Å². The van der Waals surface area contributed by atoms with E-state index in [1.165, 1.54) is 0 Å². The maximum atomic E-state index is 11.9. The Hall–Kier alpha value is -1.49. The van der Waals surface area contributed by atoms with E-state index < -0.39 is 0 Å². The molecule has 4 nitrogen and oxygen atoms in total. The van der Waals surface area contributed by atoms with E-state index in [2.05, 4.69) is 16.7 Å². The summed E-state index contributed by atoms with van der Waals surface area (Å²) in [5, 5.41) is 5.37. The second-order valence-electron chi connectivity index (χ2n) is 4.78. The van der Waals surface area contributed by atoms with Crippen LogP contribution in [0.15, 0.2) is 18.2 Å². The van der Waals surface area contributed by atoms with Crippen molar-refractivity contribution >= 4 is 29.3 Å². The van der Waals surface area contributed by atoms with Crippen molar-refractivity contribution in [3.05, 3.63) is 29.3 Å². The number of thioether (sulfide) groups is 1. The van der Waals surface area contributed by atoms with Crippen LogP contribution in [0.4, 0.5) is 5.69 Å². The minimum Gasteiger partial charge on any atom is -0.354 e. The SMILES string of the molecule is Cc1cc(C)cc(NC(=O)C[C@H]2SCCNC2=O)c1. The Labute approximate surface area is 117 Å². The van der Waals surface area contributed by atoms with Crippen LogP contribution in [-0.2, 0) is 9.59 Å². The van der Waals surface area contributed by atoms with Gasteiger partial charge in [-0.05, 0) is 37.1 Å². The van der Waals surface area contributed by atoms with Gasteiger partial charge in [0.1, 0.15) is 0 Å². The number of amides is 2. The van der Waals surface area contributed by atoms with E-state index in [0.29, 0.717) is 6.54 Å². The zero-order valence-corrected chi connectivity index (χ0v) is 12.0. The highest BCUT2D eigenvalue weighted by Crippen LogP contribution is 2.19. The van der Waals surface area contributed by atoms with Crippen molar-refractivity contribution in [2.75, 3.05) is 17.6 Å². The predicted octanol–water partition coefficient (Wildman–Crippen LogP) is 1.86. The summed E-state index contributed by atoms with van der Waals surface area (Å²) in [6.45, 7) is 4.68. The molecule has 1 atom stereocenters. The third-order valence-corrected chi connectivity index (χ3v) is 4.11. The van der Waals surface area contributed by atoms with Crippen LogP contribution in [-0.4, -0.2) is 29.4 Å². The first kappa shape index (κ1) is 13.9. The molecule has 1 fully saturated rings. The molecule has 2 N–H and O–H groups in total. The van der Waals surface area contributed by atoms with Crippen molar-refractivity contribution in [3.8, 4) is 0 Å². The maximum Gasteiger partial charge on any atom is 0.233 e. The Bertz CT molecular complexity index is 482. The molecule has 5 heteroatoms. The van der Waals surface area contributed by atoms with Crippen LogP contribution in [0, 0.1) is 13.8 Å². The molecule has 0 aromatic heterocycles. The van der Waals surface area contributed by atoms with Crippen molar-refractivity contribution in [1.82, 2.24) is 5.32 Å². The zero-order valence-electron chi connectivity index (χ0n) is 11.2. The summed E-state index contributed by atoms with van der Waals surface area (Å²) < 4.78 is 0.